The lowest BCUT2D eigenvalue weighted by Gasteiger charge is -2.07. The van der Waals surface area contributed by atoms with Gasteiger partial charge < -0.3 is 15.8 Å². The third-order valence-corrected chi connectivity index (χ3v) is 3.42. The number of hydrogen-bond donors (Lipinski definition) is 2. The van der Waals surface area contributed by atoms with Crippen LogP contribution in [-0.4, -0.2) is 12.5 Å². The van der Waals surface area contributed by atoms with Crippen LogP contribution in [0.3, 0.4) is 0 Å². The van der Waals surface area contributed by atoms with Crippen molar-refractivity contribution in [2.24, 2.45) is 5.73 Å². The number of nitrogens with one attached hydrogen (secondary N) is 1. The first-order chi connectivity index (χ1) is 9.28. The van der Waals surface area contributed by atoms with Crippen LogP contribution < -0.4 is 15.8 Å². The van der Waals surface area contributed by atoms with Gasteiger partial charge >= 0.3 is 0 Å². The highest BCUT2D eigenvalue weighted by Gasteiger charge is 2.03. The Bertz CT molecular complexity index is 526. The Morgan fingerprint density at radius 2 is 2.21 bits per heavy atom. The van der Waals surface area contributed by atoms with Gasteiger partial charge in [-0.25, -0.2) is 0 Å². The number of nitrogens with two attached hydrogens (primary N) is 1. The fourth-order valence-corrected chi connectivity index (χ4v) is 2.21. The molecular formula is C14H16N2O2S. The van der Waals surface area contributed by atoms with Crippen molar-refractivity contribution >= 4 is 17.2 Å². The average molecular weight is 276 g/mol. The summed E-state index contributed by atoms with van der Waals surface area (Å²) >= 11 is 1.61. The van der Waals surface area contributed by atoms with E-state index >= 15 is 0 Å². The van der Waals surface area contributed by atoms with E-state index in [0.29, 0.717) is 18.8 Å². The SMILES string of the molecule is NCc1cccc(OCC(=O)NCc2cccs2)c1. The van der Waals surface area contributed by atoms with Crippen molar-refractivity contribution in [3.63, 3.8) is 0 Å². The maximum absolute atomic E-state index is 11.6. The van der Waals surface area contributed by atoms with Crippen molar-refractivity contribution in [1.29, 1.82) is 0 Å². The Balaban J connectivity index is 1.76. The van der Waals surface area contributed by atoms with Gasteiger partial charge in [0.1, 0.15) is 5.75 Å². The fraction of sp³-hybridized carbons (Fsp3) is 0.214. The molecule has 0 saturated carbocycles. The normalized spacial score (nSPS) is 10.2. The molecule has 2 rings (SSSR count). The van der Waals surface area contributed by atoms with Crippen molar-refractivity contribution in [2.75, 3.05) is 6.61 Å². The zero-order chi connectivity index (χ0) is 13.5. The molecule has 0 spiro atoms. The van der Waals surface area contributed by atoms with Crippen LogP contribution in [0.2, 0.25) is 0 Å². The summed E-state index contributed by atoms with van der Waals surface area (Å²) in [5.41, 5.74) is 6.53. The summed E-state index contributed by atoms with van der Waals surface area (Å²) in [6, 6.07) is 11.4. The van der Waals surface area contributed by atoms with Crippen molar-refractivity contribution in [3.8, 4) is 5.75 Å². The third kappa shape index (κ3) is 4.39. The number of thiophene rings is 1. The predicted octanol–water partition coefficient (Wildman–Crippen LogP) is 1.90. The maximum Gasteiger partial charge on any atom is 0.258 e. The molecule has 0 atom stereocenters. The predicted molar refractivity (Wildman–Crippen MR) is 76.0 cm³/mol. The Hall–Kier alpha value is -1.85. The largest absolute Gasteiger partial charge is 0.484 e. The number of benzene rings is 1. The average Bonchev–Trinajstić information content (AvgIpc) is 2.96. The van der Waals surface area contributed by atoms with Gasteiger partial charge in [0.05, 0.1) is 6.54 Å². The molecular weight excluding hydrogens is 260 g/mol. The minimum atomic E-state index is -0.133. The number of amides is 1. The van der Waals surface area contributed by atoms with E-state index in [1.165, 1.54) is 0 Å². The molecule has 0 fully saturated rings. The highest BCUT2D eigenvalue weighted by Crippen LogP contribution is 2.12. The molecule has 100 valence electrons. The quantitative estimate of drug-likeness (QED) is 0.847. The molecule has 1 aromatic carbocycles. The van der Waals surface area contributed by atoms with Crippen LogP contribution in [0.15, 0.2) is 41.8 Å². The van der Waals surface area contributed by atoms with Crippen LogP contribution in [0.25, 0.3) is 0 Å². The smallest absolute Gasteiger partial charge is 0.258 e. The maximum atomic E-state index is 11.6. The third-order valence-electron chi connectivity index (χ3n) is 2.54. The zero-order valence-electron chi connectivity index (χ0n) is 10.5. The lowest BCUT2D eigenvalue weighted by atomic mass is 10.2. The summed E-state index contributed by atoms with van der Waals surface area (Å²) in [6.45, 7) is 1.02. The summed E-state index contributed by atoms with van der Waals surface area (Å²) in [4.78, 5) is 12.7. The first-order valence-corrected chi connectivity index (χ1v) is 6.87. The van der Waals surface area contributed by atoms with E-state index < -0.39 is 0 Å². The first-order valence-electron chi connectivity index (χ1n) is 5.99. The molecule has 0 aliphatic heterocycles. The second-order valence-electron chi connectivity index (χ2n) is 4.00. The van der Waals surface area contributed by atoms with Gasteiger partial charge in [0.25, 0.3) is 5.91 Å². The standard InChI is InChI=1S/C14H16N2O2S/c15-8-11-3-1-4-12(7-11)18-10-14(17)16-9-13-5-2-6-19-13/h1-7H,8-10,15H2,(H,16,17). The molecule has 0 unspecified atom stereocenters. The topological polar surface area (TPSA) is 64.3 Å². The van der Waals surface area contributed by atoms with E-state index in [1.54, 1.807) is 11.3 Å². The fourth-order valence-electron chi connectivity index (χ4n) is 1.56. The van der Waals surface area contributed by atoms with Crippen LogP contribution in [0.1, 0.15) is 10.4 Å². The van der Waals surface area contributed by atoms with Gasteiger partial charge in [-0.15, -0.1) is 11.3 Å². The first kappa shape index (κ1) is 13.6. The number of ether oxygens (including phenoxy) is 1. The van der Waals surface area contributed by atoms with Crippen LogP contribution >= 0.6 is 11.3 Å². The van der Waals surface area contributed by atoms with E-state index in [-0.39, 0.29) is 12.5 Å². The van der Waals surface area contributed by atoms with Crippen LogP contribution in [0.5, 0.6) is 5.75 Å². The minimum Gasteiger partial charge on any atom is -0.484 e. The molecule has 5 heteroatoms. The zero-order valence-corrected chi connectivity index (χ0v) is 11.3. The van der Waals surface area contributed by atoms with Gasteiger partial charge in [-0.3, -0.25) is 4.79 Å². The van der Waals surface area contributed by atoms with Crippen molar-refractivity contribution < 1.29 is 9.53 Å². The number of hydrogen-bond acceptors (Lipinski definition) is 4. The molecule has 0 radical (unpaired) electrons. The second kappa shape index (κ2) is 6.92. The van der Waals surface area contributed by atoms with Gasteiger partial charge in [0.2, 0.25) is 0 Å². The molecule has 0 saturated heterocycles. The van der Waals surface area contributed by atoms with Gasteiger partial charge in [-0.2, -0.15) is 0 Å². The molecule has 0 bridgehead atoms. The summed E-state index contributed by atoms with van der Waals surface area (Å²) in [5.74, 6) is 0.528. The molecule has 19 heavy (non-hydrogen) atoms. The molecule has 1 heterocycles. The molecule has 1 amide bonds. The molecule has 1 aromatic heterocycles. The Morgan fingerprint density at radius 1 is 1.32 bits per heavy atom. The molecule has 2 aromatic rings. The monoisotopic (exact) mass is 276 g/mol. The summed E-state index contributed by atoms with van der Waals surface area (Å²) < 4.78 is 5.42. The summed E-state index contributed by atoms with van der Waals surface area (Å²) in [6.07, 6.45) is 0. The highest BCUT2D eigenvalue weighted by molar-refractivity contribution is 7.09. The summed E-state index contributed by atoms with van der Waals surface area (Å²) in [5, 5.41) is 4.79. The second-order valence-corrected chi connectivity index (χ2v) is 5.03. The van der Waals surface area contributed by atoms with Gasteiger partial charge in [-0.1, -0.05) is 18.2 Å². The lowest BCUT2D eigenvalue weighted by molar-refractivity contribution is -0.123. The van der Waals surface area contributed by atoms with E-state index in [9.17, 15) is 4.79 Å². The van der Waals surface area contributed by atoms with Gasteiger partial charge in [-0.05, 0) is 29.1 Å². The Morgan fingerprint density at radius 3 is 2.95 bits per heavy atom. The molecule has 0 aliphatic carbocycles. The van der Waals surface area contributed by atoms with Crippen LogP contribution in [0, 0.1) is 0 Å². The number of rotatable bonds is 6. The van der Waals surface area contributed by atoms with Gasteiger partial charge in [0.15, 0.2) is 6.61 Å². The van der Waals surface area contributed by atoms with Gasteiger partial charge in [0, 0.05) is 11.4 Å². The van der Waals surface area contributed by atoms with E-state index in [4.69, 9.17) is 10.5 Å². The van der Waals surface area contributed by atoms with Crippen molar-refractivity contribution in [3.05, 3.63) is 52.2 Å². The Labute approximate surface area is 116 Å². The van der Waals surface area contributed by atoms with E-state index in [2.05, 4.69) is 5.32 Å². The molecule has 4 nitrogen and oxygen atoms in total. The lowest BCUT2D eigenvalue weighted by Crippen LogP contribution is -2.28. The van der Waals surface area contributed by atoms with Crippen LogP contribution in [-0.2, 0) is 17.9 Å². The Kier molecular flexibility index (Phi) is 4.94. The number of carbonyl (C=O) groups is 1. The highest BCUT2D eigenvalue weighted by atomic mass is 32.1. The summed E-state index contributed by atoms with van der Waals surface area (Å²) in [7, 11) is 0. The van der Waals surface area contributed by atoms with Crippen LogP contribution in [0.4, 0.5) is 0 Å². The minimum absolute atomic E-state index is 0.0133. The number of carbonyl (C=O) groups excluding carboxylic acids is 1. The van der Waals surface area contributed by atoms with Crippen molar-refractivity contribution in [1.82, 2.24) is 5.32 Å². The van der Waals surface area contributed by atoms with E-state index in [0.717, 1.165) is 10.4 Å². The molecule has 0 aliphatic rings. The van der Waals surface area contributed by atoms with Crippen molar-refractivity contribution in [2.45, 2.75) is 13.1 Å². The van der Waals surface area contributed by atoms with E-state index in [1.807, 2.05) is 41.8 Å². The molecule has 3 N–H and O–H groups in total.